The second kappa shape index (κ2) is 5.08. The van der Waals surface area contributed by atoms with Crippen molar-refractivity contribution < 1.29 is 13.2 Å². The first-order valence-electron chi connectivity index (χ1n) is 5.09. The SMILES string of the molecule is Cc1nn(C)c(NCCCC(F)(F)F)c1C#N. The molecule has 0 amide bonds. The van der Waals surface area contributed by atoms with Crippen LogP contribution in [-0.2, 0) is 7.05 Å². The van der Waals surface area contributed by atoms with Crippen LogP contribution < -0.4 is 5.32 Å². The highest BCUT2D eigenvalue weighted by Crippen LogP contribution is 2.22. The molecule has 17 heavy (non-hydrogen) atoms. The molecule has 0 saturated heterocycles. The average molecular weight is 246 g/mol. The summed E-state index contributed by atoms with van der Waals surface area (Å²) in [5, 5.41) is 15.7. The number of hydrogen-bond acceptors (Lipinski definition) is 3. The fourth-order valence-corrected chi connectivity index (χ4v) is 1.49. The van der Waals surface area contributed by atoms with Crippen LogP contribution in [0, 0.1) is 18.3 Å². The minimum Gasteiger partial charge on any atom is -0.369 e. The first-order chi connectivity index (χ1) is 7.85. The lowest BCUT2D eigenvalue weighted by Crippen LogP contribution is -2.12. The molecule has 0 bridgehead atoms. The number of rotatable bonds is 4. The number of alkyl halides is 3. The Bertz CT molecular complexity index is 428. The maximum absolute atomic E-state index is 11.9. The molecular weight excluding hydrogens is 233 g/mol. The molecule has 0 fully saturated rings. The van der Waals surface area contributed by atoms with Gasteiger partial charge in [-0.2, -0.15) is 23.5 Å². The van der Waals surface area contributed by atoms with Gasteiger partial charge >= 0.3 is 6.18 Å². The summed E-state index contributed by atoms with van der Waals surface area (Å²) < 4.78 is 37.2. The zero-order chi connectivity index (χ0) is 13.1. The second-order valence-corrected chi connectivity index (χ2v) is 3.69. The third-order valence-electron chi connectivity index (χ3n) is 2.26. The molecule has 0 saturated carbocycles. The molecule has 0 unspecified atom stereocenters. The maximum Gasteiger partial charge on any atom is 0.389 e. The molecule has 0 aliphatic heterocycles. The van der Waals surface area contributed by atoms with E-state index < -0.39 is 12.6 Å². The average Bonchev–Trinajstić information content (AvgIpc) is 2.46. The number of halogens is 3. The van der Waals surface area contributed by atoms with Gasteiger partial charge in [0.1, 0.15) is 17.5 Å². The highest BCUT2D eigenvalue weighted by atomic mass is 19.4. The van der Waals surface area contributed by atoms with Crippen molar-refractivity contribution in [1.82, 2.24) is 9.78 Å². The number of nitrogens with zero attached hydrogens (tertiary/aromatic N) is 3. The molecular formula is C10H13F3N4. The van der Waals surface area contributed by atoms with Crippen LogP contribution in [0.2, 0.25) is 0 Å². The molecule has 1 rings (SSSR count). The quantitative estimate of drug-likeness (QED) is 0.830. The van der Waals surface area contributed by atoms with Gasteiger partial charge in [0.15, 0.2) is 0 Å². The van der Waals surface area contributed by atoms with Gasteiger partial charge in [0.25, 0.3) is 0 Å². The van der Waals surface area contributed by atoms with E-state index in [9.17, 15) is 13.2 Å². The standard InChI is InChI=1S/C10H13F3N4/c1-7-8(6-14)9(17(2)16-7)15-5-3-4-10(11,12)13/h15H,3-5H2,1-2H3. The van der Waals surface area contributed by atoms with Crippen LogP contribution in [0.4, 0.5) is 19.0 Å². The topological polar surface area (TPSA) is 53.6 Å². The van der Waals surface area contributed by atoms with E-state index >= 15 is 0 Å². The van der Waals surface area contributed by atoms with Crippen LogP contribution in [0.1, 0.15) is 24.1 Å². The Balaban J connectivity index is 2.56. The molecule has 0 aromatic carbocycles. The molecule has 0 aliphatic carbocycles. The molecule has 4 nitrogen and oxygen atoms in total. The van der Waals surface area contributed by atoms with E-state index in [-0.39, 0.29) is 13.0 Å². The van der Waals surface area contributed by atoms with Gasteiger partial charge in [-0.25, -0.2) is 0 Å². The summed E-state index contributed by atoms with van der Waals surface area (Å²) >= 11 is 0. The molecule has 94 valence electrons. The lowest BCUT2D eigenvalue weighted by molar-refractivity contribution is -0.134. The van der Waals surface area contributed by atoms with Crippen LogP contribution in [0.5, 0.6) is 0 Å². The molecule has 0 spiro atoms. The Hall–Kier alpha value is -1.71. The third kappa shape index (κ3) is 3.66. The normalized spacial score (nSPS) is 11.3. The molecule has 0 aliphatic rings. The largest absolute Gasteiger partial charge is 0.389 e. The molecule has 7 heteroatoms. The highest BCUT2D eigenvalue weighted by molar-refractivity contribution is 5.54. The number of aryl methyl sites for hydroxylation is 2. The third-order valence-corrected chi connectivity index (χ3v) is 2.26. The van der Waals surface area contributed by atoms with Gasteiger partial charge < -0.3 is 5.32 Å². The smallest absolute Gasteiger partial charge is 0.369 e. The predicted molar refractivity (Wildman–Crippen MR) is 56.4 cm³/mol. The first-order valence-corrected chi connectivity index (χ1v) is 5.09. The lowest BCUT2D eigenvalue weighted by atomic mass is 10.2. The van der Waals surface area contributed by atoms with Gasteiger partial charge in [-0.15, -0.1) is 0 Å². The maximum atomic E-state index is 11.9. The van der Waals surface area contributed by atoms with E-state index in [4.69, 9.17) is 5.26 Å². The Kier molecular flexibility index (Phi) is 3.99. The van der Waals surface area contributed by atoms with Crippen molar-refractivity contribution >= 4 is 5.82 Å². The van der Waals surface area contributed by atoms with Crippen LogP contribution in [-0.4, -0.2) is 22.5 Å². The van der Waals surface area contributed by atoms with Crippen molar-refractivity contribution in [3.8, 4) is 6.07 Å². The van der Waals surface area contributed by atoms with Gasteiger partial charge in [0.2, 0.25) is 0 Å². The van der Waals surface area contributed by atoms with Crippen LogP contribution in [0.15, 0.2) is 0 Å². The number of nitriles is 1. The summed E-state index contributed by atoms with van der Waals surface area (Å²) in [6.45, 7) is 1.84. The van der Waals surface area contributed by atoms with Gasteiger partial charge in [-0.05, 0) is 13.3 Å². The van der Waals surface area contributed by atoms with E-state index in [0.29, 0.717) is 17.1 Å². The predicted octanol–water partition coefficient (Wildman–Crippen LogP) is 2.35. The fourth-order valence-electron chi connectivity index (χ4n) is 1.49. The Morgan fingerprint density at radius 2 is 2.12 bits per heavy atom. The van der Waals surface area contributed by atoms with E-state index in [1.165, 1.54) is 4.68 Å². The minimum atomic E-state index is -4.14. The molecule has 1 heterocycles. The first kappa shape index (κ1) is 13.4. The second-order valence-electron chi connectivity index (χ2n) is 3.69. The van der Waals surface area contributed by atoms with Gasteiger partial charge in [0, 0.05) is 20.0 Å². The summed E-state index contributed by atoms with van der Waals surface area (Å²) in [7, 11) is 1.64. The van der Waals surface area contributed by atoms with E-state index in [1.54, 1.807) is 14.0 Å². The number of hydrogen-bond donors (Lipinski definition) is 1. The van der Waals surface area contributed by atoms with Gasteiger partial charge in [0.05, 0.1) is 5.69 Å². The molecule has 0 atom stereocenters. The van der Waals surface area contributed by atoms with Crippen molar-refractivity contribution in [2.24, 2.45) is 7.05 Å². The molecule has 1 N–H and O–H groups in total. The van der Waals surface area contributed by atoms with E-state index in [0.717, 1.165) is 0 Å². The van der Waals surface area contributed by atoms with Crippen LogP contribution in [0.3, 0.4) is 0 Å². The molecule has 1 aromatic heterocycles. The Labute approximate surface area is 97.0 Å². The summed E-state index contributed by atoms with van der Waals surface area (Å²) in [5.41, 5.74) is 0.938. The number of anilines is 1. The van der Waals surface area contributed by atoms with Crippen molar-refractivity contribution in [3.63, 3.8) is 0 Å². The van der Waals surface area contributed by atoms with Crippen LogP contribution in [0.25, 0.3) is 0 Å². The van der Waals surface area contributed by atoms with Gasteiger partial charge in [-0.1, -0.05) is 0 Å². The summed E-state index contributed by atoms with van der Waals surface area (Å²) in [6.07, 6.45) is -5.00. The molecule has 0 radical (unpaired) electrons. The van der Waals surface area contributed by atoms with E-state index in [2.05, 4.69) is 10.4 Å². The van der Waals surface area contributed by atoms with Crippen molar-refractivity contribution in [2.45, 2.75) is 25.9 Å². The minimum absolute atomic E-state index is 0.0292. The zero-order valence-electron chi connectivity index (χ0n) is 9.60. The Morgan fingerprint density at radius 1 is 1.47 bits per heavy atom. The Morgan fingerprint density at radius 3 is 2.65 bits per heavy atom. The summed E-state index contributed by atoms with van der Waals surface area (Å²) in [4.78, 5) is 0. The van der Waals surface area contributed by atoms with Crippen molar-refractivity contribution in [1.29, 1.82) is 5.26 Å². The number of aromatic nitrogens is 2. The fraction of sp³-hybridized carbons (Fsp3) is 0.600. The van der Waals surface area contributed by atoms with Crippen molar-refractivity contribution in [3.05, 3.63) is 11.3 Å². The summed E-state index contributed by atoms with van der Waals surface area (Å²) in [5.74, 6) is 0.465. The number of nitrogens with one attached hydrogen (secondary N) is 1. The highest BCUT2D eigenvalue weighted by Gasteiger charge is 2.26. The van der Waals surface area contributed by atoms with Crippen molar-refractivity contribution in [2.75, 3.05) is 11.9 Å². The van der Waals surface area contributed by atoms with E-state index in [1.807, 2.05) is 6.07 Å². The monoisotopic (exact) mass is 246 g/mol. The zero-order valence-corrected chi connectivity index (χ0v) is 9.60. The summed E-state index contributed by atoms with van der Waals surface area (Å²) in [6, 6.07) is 1.97. The molecule has 1 aromatic rings. The lowest BCUT2D eigenvalue weighted by Gasteiger charge is -2.08. The van der Waals surface area contributed by atoms with Gasteiger partial charge in [-0.3, -0.25) is 4.68 Å². The van der Waals surface area contributed by atoms with Crippen LogP contribution >= 0.6 is 0 Å².